The maximum atomic E-state index is 12.7. The molecule has 2 N–H and O–H groups in total. The van der Waals surface area contributed by atoms with Crippen LogP contribution in [-0.2, 0) is 10.8 Å². The van der Waals surface area contributed by atoms with Crippen molar-refractivity contribution in [3.05, 3.63) is 58.7 Å². The molecule has 2 rings (SSSR count). The van der Waals surface area contributed by atoms with E-state index in [0.29, 0.717) is 11.1 Å². The lowest BCUT2D eigenvalue weighted by molar-refractivity contribution is 0.103. The number of carbonyl (C=O) groups is 1. The summed E-state index contributed by atoms with van der Waals surface area (Å²) in [7, 11) is 0. The Labute approximate surface area is 144 Å². The van der Waals surface area contributed by atoms with Gasteiger partial charge < -0.3 is 10.2 Å². The lowest BCUT2D eigenvalue weighted by Crippen LogP contribution is -2.13. The molecule has 0 unspecified atom stereocenters. The number of ketones is 1. The molecule has 0 aliphatic heterocycles. The summed E-state index contributed by atoms with van der Waals surface area (Å²) in [6.45, 7) is 12.1. The monoisotopic (exact) mass is 326 g/mol. The molecule has 0 atom stereocenters. The van der Waals surface area contributed by atoms with Gasteiger partial charge in [0.2, 0.25) is 0 Å². The first-order chi connectivity index (χ1) is 10.9. The molecule has 24 heavy (non-hydrogen) atoms. The summed E-state index contributed by atoms with van der Waals surface area (Å²) >= 11 is 0. The average Bonchev–Trinajstić information content (AvgIpc) is 2.47. The van der Waals surface area contributed by atoms with E-state index in [1.54, 1.807) is 24.3 Å². The Morgan fingerprint density at radius 2 is 1.29 bits per heavy atom. The van der Waals surface area contributed by atoms with Crippen molar-refractivity contribution >= 4 is 5.78 Å². The average molecular weight is 326 g/mol. The van der Waals surface area contributed by atoms with Gasteiger partial charge in [-0.15, -0.1) is 0 Å². The van der Waals surface area contributed by atoms with Gasteiger partial charge in [-0.1, -0.05) is 71.9 Å². The molecule has 0 spiro atoms. The van der Waals surface area contributed by atoms with Gasteiger partial charge in [0.15, 0.2) is 17.3 Å². The first kappa shape index (κ1) is 18.1. The van der Waals surface area contributed by atoms with Crippen LogP contribution in [-0.4, -0.2) is 16.0 Å². The molecule has 0 fully saturated rings. The van der Waals surface area contributed by atoms with E-state index in [9.17, 15) is 15.0 Å². The molecule has 0 aliphatic carbocycles. The number of carbonyl (C=O) groups excluding carboxylic acids is 1. The Kier molecular flexibility index (Phi) is 4.49. The van der Waals surface area contributed by atoms with Crippen molar-refractivity contribution in [3.8, 4) is 11.5 Å². The van der Waals surface area contributed by atoms with Crippen LogP contribution in [0.25, 0.3) is 0 Å². The summed E-state index contributed by atoms with van der Waals surface area (Å²) in [6, 6.07) is 10.6. The van der Waals surface area contributed by atoms with Crippen LogP contribution < -0.4 is 0 Å². The minimum absolute atomic E-state index is 0.0103. The smallest absolute Gasteiger partial charge is 0.196 e. The fourth-order valence-electron chi connectivity index (χ4n) is 2.65. The number of phenols is 2. The molecule has 2 aromatic rings. The van der Waals surface area contributed by atoms with Crippen molar-refractivity contribution in [2.24, 2.45) is 0 Å². The van der Waals surface area contributed by atoms with Crippen molar-refractivity contribution in [2.75, 3.05) is 0 Å². The first-order valence-electron chi connectivity index (χ1n) is 8.13. The number of phenolic OH excluding ortho intramolecular Hbond substituents is 2. The van der Waals surface area contributed by atoms with Gasteiger partial charge in [-0.05, 0) is 22.5 Å². The van der Waals surface area contributed by atoms with E-state index in [2.05, 4.69) is 20.8 Å². The number of rotatable bonds is 2. The number of benzene rings is 2. The lowest BCUT2D eigenvalue weighted by Gasteiger charge is -2.22. The van der Waals surface area contributed by atoms with Crippen molar-refractivity contribution < 1.29 is 15.0 Å². The first-order valence-corrected chi connectivity index (χ1v) is 8.13. The van der Waals surface area contributed by atoms with Gasteiger partial charge in [0.25, 0.3) is 0 Å². The minimum Gasteiger partial charge on any atom is -0.504 e. The fourth-order valence-corrected chi connectivity index (χ4v) is 2.65. The Morgan fingerprint density at radius 3 is 1.75 bits per heavy atom. The van der Waals surface area contributed by atoms with E-state index in [1.165, 1.54) is 0 Å². The summed E-state index contributed by atoms with van der Waals surface area (Å²) in [5.41, 5.74) is 2.03. The van der Waals surface area contributed by atoms with E-state index in [0.717, 1.165) is 5.56 Å². The number of aromatic hydroxyl groups is 2. The Bertz CT molecular complexity index is 757. The van der Waals surface area contributed by atoms with Gasteiger partial charge in [0, 0.05) is 11.1 Å². The lowest BCUT2D eigenvalue weighted by atomic mass is 9.84. The molecule has 0 amide bonds. The maximum absolute atomic E-state index is 12.7. The van der Waals surface area contributed by atoms with E-state index in [1.807, 2.05) is 32.9 Å². The second-order valence-corrected chi connectivity index (χ2v) is 8.26. The molecule has 3 nitrogen and oxygen atoms in total. The summed E-state index contributed by atoms with van der Waals surface area (Å²) in [6.07, 6.45) is 0. The summed E-state index contributed by atoms with van der Waals surface area (Å²) < 4.78 is 0. The SMILES string of the molecule is CC(C)(C)c1ccc(C(=O)c2ccc(C(C)(C)C)c(O)c2O)cc1. The predicted molar refractivity (Wildman–Crippen MR) is 97.0 cm³/mol. The quantitative estimate of drug-likeness (QED) is 0.608. The van der Waals surface area contributed by atoms with E-state index in [-0.39, 0.29) is 33.7 Å². The Morgan fingerprint density at radius 1 is 0.750 bits per heavy atom. The summed E-state index contributed by atoms with van der Waals surface area (Å²) in [4.78, 5) is 12.7. The standard InChI is InChI=1S/C21H26O3/c1-20(2,3)14-9-7-13(8-10-14)17(22)15-11-12-16(21(4,5)6)19(24)18(15)23/h7-12,23-24H,1-6H3. The van der Waals surface area contributed by atoms with Crippen LogP contribution >= 0.6 is 0 Å². The van der Waals surface area contributed by atoms with Crippen LogP contribution in [0.3, 0.4) is 0 Å². The fraction of sp³-hybridized carbons (Fsp3) is 0.381. The van der Waals surface area contributed by atoms with Crippen molar-refractivity contribution in [3.63, 3.8) is 0 Å². The van der Waals surface area contributed by atoms with Gasteiger partial charge in [-0.25, -0.2) is 0 Å². The third-order valence-electron chi connectivity index (χ3n) is 4.22. The Balaban J connectivity index is 2.42. The predicted octanol–water partition coefficient (Wildman–Crippen LogP) is 4.92. The van der Waals surface area contributed by atoms with Gasteiger partial charge in [-0.2, -0.15) is 0 Å². The van der Waals surface area contributed by atoms with Crippen LogP contribution in [0.1, 0.15) is 68.6 Å². The van der Waals surface area contributed by atoms with Crippen LogP contribution in [0.4, 0.5) is 0 Å². The molecule has 0 aliphatic rings. The van der Waals surface area contributed by atoms with Gasteiger partial charge in [0.05, 0.1) is 5.56 Å². The largest absolute Gasteiger partial charge is 0.504 e. The maximum Gasteiger partial charge on any atom is 0.196 e. The highest BCUT2D eigenvalue weighted by Gasteiger charge is 2.24. The van der Waals surface area contributed by atoms with Crippen molar-refractivity contribution in [2.45, 2.75) is 52.4 Å². The van der Waals surface area contributed by atoms with Crippen molar-refractivity contribution in [1.29, 1.82) is 0 Å². The zero-order valence-corrected chi connectivity index (χ0v) is 15.3. The van der Waals surface area contributed by atoms with Crippen molar-refractivity contribution in [1.82, 2.24) is 0 Å². The zero-order valence-electron chi connectivity index (χ0n) is 15.3. The van der Waals surface area contributed by atoms with E-state index in [4.69, 9.17) is 0 Å². The van der Waals surface area contributed by atoms with Gasteiger partial charge in [0.1, 0.15) is 0 Å². The van der Waals surface area contributed by atoms with Crippen LogP contribution in [0.15, 0.2) is 36.4 Å². The van der Waals surface area contributed by atoms with Crippen LogP contribution in [0.5, 0.6) is 11.5 Å². The molecule has 0 bridgehead atoms. The second kappa shape index (κ2) is 5.97. The number of hydrogen-bond donors (Lipinski definition) is 2. The minimum atomic E-state index is -0.354. The highest BCUT2D eigenvalue weighted by atomic mass is 16.3. The van der Waals surface area contributed by atoms with Gasteiger partial charge >= 0.3 is 0 Å². The third-order valence-corrected chi connectivity index (χ3v) is 4.22. The molecule has 0 saturated heterocycles. The van der Waals surface area contributed by atoms with E-state index < -0.39 is 0 Å². The zero-order chi connectivity index (χ0) is 18.3. The topological polar surface area (TPSA) is 57.5 Å². The number of hydrogen-bond acceptors (Lipinski definition) is 3. The third kappa shape index (κ3) is 3.45. The van der Waals surface area contributed by atoms with Crippen LogP contribution in [0, 0.1) is 0 Å². The van der Waals surface area contributed by atoms with E-state index >= 15 is 0 Å². The molecule has 0 radical (unpaired) electrons. The molecule has 0 saturated carbocycles. The highest BCUT2D eigenvalue weighted by molar-refractivity contribution is 6.11. The highest BCUT2D eigenvalue weighted by Crippen LogP contribution is 2.39. The molecular weight excluding hydrogens is 300 g/mol. The molecule has 3 heteroatoms. The van der Waals surface area contributed by atoms with Crippen LogP contribution in [0.2, 0.25) is 0 Å². The molecule has 0 heterocycles. The summed E-state index contributed by atoms with van der Waals surface area (Å²) in [5, 5.41) is 20.5. The molecule has 2 aromatic carbocycles. The molecule has 0 aromatic heterocycles. The Hall–Kier alpha value is -2.29. The second-order valence-electron chi connectivity index (χ2n) is 8.26. The van der Waals surface area contributed by atoms with Gasteiger partial charge in [-0.3, -0.25) is 4.79 Å². The summed E-state index contributed by atoms with van der Waals surface area (Å²) in [5.74, 6) is -0.879. The molecule has 128 valence electrons. The molecular formula is C21H26O3. The normalized spacial score (nSPS) is 12.2.